The molecule has 0 saturated heterocycles. The highest BCUT2D eigenvalue weighted by Crippen LogP contribution is 2.32. The second kappa shape index (κ2) is 8.40. The molecule has 0 saturated carbocycles. The van der Waals surface area contributed by atoms with E-state index in [9.17, 15) is 0 Å². The highest BCUT2D eigenvalue weighted by atomic mass is 28.4. The largest absolute Gasteiger partial charge is 0.681 e. The number of rotatable bonds is 9. The van der Waals surface area contributed by atoms with Gasteiger partial charge in [-0.2, -0.15) is 0 Å². The third-order valence-corrected chi connectivity index (χ3v) is 6.03. The maximum atomic E-state index is 6.42. The van der Waals surface area contributed by atoms with Gasteiger partial charge in [0.05, 0.1) is 5.60 Å². The van der Waals surface area contributed by atoms with Gasteiger partial charge in [0.25, 0.3) is 0 Å². The van der Waals surface area contributed by atoms with Crippen LogP contribution in [0.4, 0.5) is 0 Å². The van der Waals surface area contributed by atoms with Crippen molar-refractivity contribution in [2.45, 2.75) is 79.3 Å². The number of hydrogen-bond donors (Lipinski definition) is 0. The van der Waals surface area contributed by atoms with Crippen molar-refractivity contribution in [3.8, 4) is 0 Å². The van der Waals surface area contributed by atoms with Gasteiger partial charge in [-0.1, -0.05) is 30.3 Å². The summed E-state index contributed by atoms with van der Waals surface area (Å²) in [6, 6.07) is 10.1. The third-order valence-electron chi connectivity index (χ3n) is 2.99. The minimum atomic E-state index is -3.30. The lowest BCUT2D eigenvalue weighted by molar-refractivity contribution is -0.114. The first-order chi connectivity index (χ1) is 10.6. The molecule has 1 aromatic rings. The molecule has 0 fully saturated rings. The molecule has 23 heavy (non-hydrogen) atoms. The van der Waals surface area contributed by atoms with Crippen LogP contribution in [0.1, 0.15) is 61.0 Å². The van der Waals surface area contributed by atoms with Crippen LogP contribution in [0.2, 0.25) is 0 Å². The summed E-state index contributed by atoms with van der Waals surface area (Å²) in [4.78, 5) is 0. The normalized spacial score (nSPS) is 13.3. The van der Waals surface area contributed by atoms with E-state index in [1.165, 1.54) is 0 Å². The Balaban J connectivity index is 3.15. The average molecular weight is 341 g/mol. The van der Waals surface area contributed by atoms with Gasteiger partial charge in [-0.25, -0.2) is 0 Å². The molecular weight excluding hydrogens is 308 g/mol. The summed E-state index contributed by atoms with van der Waals surface area (Å²) < 4.78 is 24.7. The van der Waals surface area contributed by atoms with Crippen LogP contribution >= 0.6 is 0 Å². The predicted molar refractivity (Wildman–Crippen MR) is 95.0 cm³/mol. The molecule has 0 aromatic heterocycles. The Morgan fingerprint density at radius 3 is 1.48 bits per heavy atom. The van der Waals surface area contributed by atoms with E-state index in [-0.39, 0.29) is 18.3 Å². The highest BCUT2D eigenvalue weighted by Gasteiger charge is 2.52. The molecule has 0 bridgehead atoms. The van der Waals surface area contributed by atoms with Crippen LogP contribution < -0.4 is 0 Å². The lowest BCUT2D eigenvalue weighted by Gasteiger charge is -2.38. The van der Waals surface area contributed by atoms with Gasteiger partial charge in [-0.05, 0) is 61.0 Å². The molecule has 0 aliphatic carbocycles. The third kappa shape index (κ3) is 6.73. The smallest absolute Gasteiger partial charge is 0.349 e. The van der Waals surface area contributed by atoms with Crippen LogP contribution in [0.25, 0.3) is 0 Å². The molecule has 132 valence electrons. The Morgan fingerprint density at radius 2 is 1.13 bits per heavy atom. The lowest BCUT2D eigenvalue weighted by atomic mass is 9.99. The Bertz CT molecular complexity index is 431. The van der Waals surface area contributed by atoms with Crippen molar-refractivity contribution in [3.05, 3.63) is 35.9 Å². The summed E-state index contributed by atoms with van der Waals surface area (Å²) in [7, 11) is -3.30. The van der Waals surface area contributed by atoms with Gasteiger partial charge in [0.2, 0.25) is 0 Å². The summed E-state index contributed by atoms with van der Waals surface area (Å²) in [6.07, 6.45) is -0.151. The van der Waals surface area contributed by atoms with Gasteiger partial charge in [-0.3, -0.25) is 0 Å². The van der Waals surface area contributed by atoms with E-state index in [2.05, 4.69) is 0 Å². The minimum Gasteiger partial charge on any atom is -0.349 e. The van der Waals surface area contributed by atoms with Crippen molar-refractivity contribution in [2.75, 3.05) is 0 Å². The summed E-state index contributed by atoms with van der Waals surface area (Å²) in [5, 5.41) is 0. The number of benzene rings is 1. The standard InChI is InChI=1S/C18H32O4Si/c1-14(2)19-23(20-15(3)4,21-16(5)6)22-18(7,8)17-12-10-9-11-13-17/h9-16H,1-8H3. The maximum absolute atomic E-state index is 6.42. The number of hydrogen-bond acceptors (Lipinski definition) is 4. The van der Waals surface area contributed by atoms with Crippen LogP contribution in [0.3, 0.4) is 0 Å². The second-order valence-electron chi connectivity index (χ2n) is 6.98. The van der Waals surface area contributed by atoms with Crippen LogP contribution in [-0.4, -0.2) is 27.4 Å². The molecular formula is C18H32O4Si. The zero-order chi connectivity index (χ0) is 17.7. The van der Waals surface area contributed by atoms with Crippen molar-refractivity contribution in [2.24, 2.45) is 0 Å². The topological polar surface area (TPSA) is 36.9 Å². The van der Waals surface area contributed by atoms with Crippen molar-refractivity contribution in [1.29, 1.82) is 0 Å². The average Bonchev–Trinajstić information content (AvgIpc) is 2.35. The monoisotopic (exact) mass is 340 g/mol. The predicted octanol–water partition coefficient (Wildman–Crippen LogP) is 4.65. The Morgan fingerprint density at radius 1 is 0.739 bits per heavy atom. The Kier molecular flexibility index (Phi) is 7.42. The quantitative estimate of drug-likeness (QED) is 0.613. The van der Waals surface area contributed by atoms with Gasteiger partial charge < -0.3 is 17.7 Å². The second-order valence-corrected chi connectivity index (χ2v) is 8.89. The van der Waals surface area contributed by atoms with Crippen LogP contribution in [0.15, 0.2) is 30.3 Å². The minimum absolute atomic E-state index is 0.0502. The Labute approximate surface area is 142 Å². The molecule has 5 heteroatoms. The van der Waals surface area contributed by atoms with E-state index in [1.807, 2.05) is 85.7 Å². The first-order valence-electron chi connectivity index (χ1n) is 8.35. The molecule has 1 rings (SSSR count). The fourth-order valence-electron chi connectivity index (χ4n) is 2.23. The van der Waals surface area contributed by atoms with Crippen LogP contribution in [-0.2, 0) is 23.3 Å². The van der Waals surface area contributed by atoms with Gasteiger partial charge >= 0.3 is 9.05 Å². The molecule has 0 N–H and O–H groups in total. The fraction of sp³-hybridized carbons (Fsp3) is 0.667. The van der Waals surface area contributed by atoms with Gasteiger partial charge in [0, 0.05) is 18.3 Å². The van der Waals surface area contributed by atoms with Crippen molar-refractivity contribution in [3.63, 3.8) is 0 Å². The first kappa shape index (κ1) is 20.3. The van der Waals surface area contributed by atoms with Crippen molar-refractivity contribution >= 4 is 9.05 Å². The zero-order valence-corrected chi connectivity index (χ0v) is 16.8. The van der Waals surface area contributed by atoms with Gasteiger partial charge in [0.1, 0.15) is 0 Å². The van der Waals surface area contributed by atoms with Crippen molar-refractivity contribution < 1.29 is 17.7 Å². The molecule has 0 amide bonds. The summed E-state index contributed by atoms with van der Waals surface area (Å²) >= 11 is 0. The van der Waals surface area contributed by atoms with E-state index >= 15 is 0 Å². The molecule has 4 nitrogen and oxygen atoms in total. The van der Waals surface area contributed by atoms with E-state index in [1.54, 1.807) is 0 Å². The summed E-state index contributed by atoms with van der Waals surface area (Å²) in [5.74, 6) is 0. The van der Waals surface area contributed by atoms with E-state index in [4.69, 9.17) is 17.7 Å². The van der Waals surface area contributed by atoms with Gasteiger partial charge in [0.15, 0.2) is 0 Å². The van der Waals surface area contributed by atoms with Crippen LogP contribution in [0, 0.1) is 0 Å². The summed E-state index contributed by atoms with van der Waals surface area (Å²) in [5.41, 5.74) is 0.482. The van der Waals surface area contributed by atoms with E-state index in [0.29, 0.717) is 0 Å². The summed E-state index contributed by atoms with van der Waals surface area (Å²) in [6.45, 7) is 15.8. The van der Waals surface area contributed by atoms with E-state index in [0.717, 1.165) is 5.56 Å². The molecule has 1 aromatic carbocycles. The SMILES string of the molecule is CC(C)O[Si](OC(C)C)(OC(C)C)OC(C)(C)c1ccccc1. The Hall–Kier alpha value is -0.723. The maximum Gasteiger partial charge on any atom is 0.681 e. The molecule has 0 unspecified atom stereocenters. The van der Waals surface area contributed by atoms with Gasteiger partial charge in [-0.15, -0.1) is 0 Å². The molecule has 0 spiro atoms. The van der Waals surface area contributed by atoms with Crippen molar-refractivity contribution in [1.82, 2.24) is 0 Å². The first-order valence-corrected chi connectivity index (χ1v) is 9.99. The molecule has 0 atom stereocenters. The fourth-order valence-corrected chi connectivity index (χ4v) is 5.02. The van der Waals surface area contributed by atoms with E-state index < -0.39 is 14.6 Å². The lowest BCUT2D eigenvalue weighted by Crippen LogP contribution is -2.56. The van der Waals surface area contributed by atoms with Crippen LogP contribution in [0.5, 0.6) is 0 Å². The molecule has 0 radical (unpaired) electrons. The zero-order valence-electron chi connectivity index (χ0n) is 15.8. The molecule has 0 aliphatic heterocycles. The molecule has 0 aliphatic rings. The molecule has 0 heterocycles. The highest BCUT2D eigenvalue weighted by molar-refractivity contribution is 6.53.